The van der Waals surface area contributed by atoms with E-state index in [9.17, 15) is 0 Å². The van der Waals surface area contributed by atoms with Crippen LogP contribution in [0.15, 0.2) is 176 Å². The molecule has 0 N–H and O–H groups in total. The molecule has 0 saturated carbocycles. The summed E-state index contributed by atoms with van der Waals surface area (Å²) < 4.78 is 9.36. The van der Waals surface area contributed by atoms with Gasteiger partial charge in [-0.3, -0.25) is 0 Å². The van der Waals surface area contributed by atoms with Gasteiger partial charge < -0.3 is 0 Å². The van der Waals surface area contributed by atoms with Gasteiger partial charge in [0.15, 0.2) is 24.8 Å². The third-order valence-electron chi connectivity index (χ3n) is 24.7. The fourth-order valence-electron chi connectivity index (χ4n) is 19.1. The zero-order valence-electron chi connectivity index (χ0n) is 70.9. The molecule has 0 atom stereocenters. The van der Waals surface area contributed by atoms with Crippen molar-refractivity contribution in [2.75, 3.05) is 0 Å². The van der Waals surface area contributed by atoms with E-state index < -0.39 is 0 Å². The first-order chi connectivity index (χ1) is 51.8. The van der Waals surface area contributed by atoms with Gasteiger partial charge in [-0.1, -0.05) is 224 Å². The number of hydrogen-bond acceptors (Lipinski definition) is 0. The second-order valence-corrected chi connectivity index (χ2v) is 34.9. The number of aryl methyl sites for hydroxylation is 12. The summed E-state index contributed by atoms with van der Waals surface area (Å²) in [5, 5.41) is 0. The molecular formula is C105H122N4+4. The molecule has 0 fully saturated rings. The van der Waals surface area contributed by atoms with Crippen LogP contribution in [0.1, 0.15) is 266 Å². The Labute approximate surface area is 655 Å². The monoisotopic (exact) mass is 1440 g/mol. The van der Waals surface area contributed by atoms with Crippen LogP contribution in [-0.4, -0.2) is 0 Å². The molecule has 4 aliphatic rings. The normalized spacial score (nSPS) is 12.6. The molecule has 0 bridgehead atoms. The van der Waals surface area contributed by atoms with Gasteiger partial charge in [-0.25, -0.2) is 18.3 Å². The lowest BCUT2D eigenvalue weighted by Gasteiger charge is -2.18. The SMILES string of the molecule is Cc1cc(-c2c(C)ccc3c2Cc2c(C)cccc2-3)[n+](C)cc1C(C)C.Cc1cc(C)c(-c2cc(C(C)C)c(C(C)C)c[n+]2C)c2c1-c1ccccc1C2.Cc1ccc2c(c1-c1cc(C(C)C)c(C(C)C)c[n+]1C)Cc1ccccc1-2.Cc1cccc2c1-c1ccc(C)c(-c3cc(C(C)C)c(C(C)C)c[n+]3C)c1C2. The molecule has 4 nitrogen and oxygen atoms in total. The van der Waals surface area contributed by atoms with Gasteiger partial charge in [0, 0.05) is 46.5 Å². The van der Waals surface area contributed by atoms with Gasteiger partial charge >= 0.3 is 0 Å². The molecule has 4 heterocycles. The van der Waals surface area contributed by atoms with E-state index in [4.69, 9.17) is 0 Å². The van der Waals surface area contributed by atoms with E-state index in [1.54, 1.807) is 0 Å². The highest BCUT2D eigenvalue weighted by Crippen LogP contribution is 2.49. The quantitative estimate of drug-likeness (QED) is 0.115. The average Bonchev–Trinajstić information content (AvgIpc) is 1.63. The number of aromatic nitrogens is 4. The topological polar surface area (TPSA) is 15.5 Å². The smallest absolute Gasteiger partial charge is 0.201 e. The Bertz CT molecular complexity index is 5560. The number of nitrogens with zero attached hydrogens (tertiary/aromatic N) is 4. The number of pyridine rings is 4. The maximum Gasteiger partial charge on any atom is 0.213 e. The molecule has 0 saturated heterocycles. The Hall–Kier alpha value is -9.64. The van der Waals surface area contributed by atoms with E-state index in [-0.39, 0.29) is 0 Å². The Morgan fingerprint density at radius 1 is 0.211 bits per heavy atom. The van der Waals surface area contributed by atoms with Gasteiger partial charge in [-0.05, 0) is 273 Å². The minimum Gasteiger partial charge on any atom is -0.201 e. The maximum atomic E-state index is 2.46. The first kappa shape index (κ1) is 77.5. The van der Waals surface area contributed by atoms with E-state index in [1.807, 2.05) is 0 Å². The average molecular weight is 1440 g/mol. The molecule has 0 aliphatic heterocycles. The second-order valence-electron chi connectivity index (χ2n) is 34.9. The van der Waals surface area contributed by atoms with Crippen LogP contribution in [0.25, 0.3) is 89.5 Å². The molecular weight excluding hydrogens is 1320 g/mol. The van der Waals surface area contributed by atoms with E-state index in [0.29, 0.717) is 41.4 Å². The summed E-state index contributed by atoms with van der Waals surface area (Å²) in [5.74, 6) is 3.72. The number of benzene rings is 8. The molecule has 8 aromatic carbocycles. The summed E-state index contributed by atoms with van der Waals surface area (Å²) in [4.78, 5) is 0. The Balaban J connectivity index is 0.000000128. The van der Waals surface area contributed by atoms with Crippen LogP contribution in [0.4, 0.5) is 0 Å². The third kappa shape index (κ3) is 14.5. The zero-order chi connectivity index (χ0) is 78.2. The molecule has 0 radical (unpaired) electrons. The molecule has 4 aliphatic carbocycles. The van der Waals surface area contributed by atoms with Crippen molar-refractivity contribution < 1.29 is 18.3 Å². The minimum atomic E-state index is 0.522. The molecule has 0 spiro atoms. The summed E-state index contributed by atoms with van der Waals surface area (Å²) in [6.07, 6.45) is 13.5. The Kier molecular flexibility index (Phi) is 22.1. The Morgan fingerprint density at radius 3 is 1.02 bits per heavy atom. The summed E-state index contributed by atoms with van der Waals surface area (Å²) in [7, 11) is 8.80. The number of fused-ring (bicyclic) bond motifs is 12. The highest BCUT2D eigenvalue weighted by atomic mass is 14.9. The molecule has 109 heavy (non-hydrogen) atoms. The van der Waals surface area contributed by atoms with Gasteiger partial charge in [0.05, 0.1) is 22.3 Å². The van der Waals surface area contributed by atoms with Gasteiger partial charge in [0.2, 0.25) is 22.8 Å². The number of hydrogen-bond donors (Lipinski definition) is 0. The highest BCUT2D eigenvalue weighted by molar-refractivity contribution is 5.90. The zero-order valence-corrected chi connectivity index (χ0v) is 70.9. The van der Waals surface area contributed by atoms with Crippen LogP contribution >= 0.6 is 0 Å². The van der Waals surface area contributed by atoms with Crippen molar-refractivity contribution in [3.8, 4) is 89.5 Å². The van der Waals surface area contributed by atoms with Crippen LogP contribution in [0.2, 0.25) is 0 Å². The lowest BCUT2D eigenvalue weighted by molar-refractivity contribution is -0.661. The first-order valence-corrected chi connectivity index (χ1v) is 40.8. The number of rotatable bonds is 11. The third-order valence-corrected chi connectivity index (χ3v) is 24.7. The lowest BCUT2D eigenvalue weighted by Crippen LogP contribution is -2.33. The van der Waals surface area contributed by atoms with E-state index in [0.717, 1.165) is 25.7 Å². The summed E-state index contributed by atoms with van der Waals surface area (Å²) in [5.41, 5.74) is 55.5. The predicted molar refractivity (Wildman–Crippen MR) is 462 cm³/mol. The van der Waals surface area contributed by atoms with Crippen LogP contribution in [0.3, 0.4) is 0 Å². The first-order valence-electron chi connectivity index (χ1n) is 40.8. The predicted octanol–water partition coefficient (Wildman–Crippen LogP) is 25.3. The van der Waals surface area contributed by atoms with Crippen molar-refractivity contribution in [2.24, 2.45) is 28.2 Å². The maximum absolute atomic E-state index is 2.46. The summed E-state index contributed by atoms with van der Waals surface area (Å²) in [6, 6.07) is 57.2. The van der Waals surface area contributed by atoms with Crippen LogP contribution in [-0.2, 0) is 53.9 Å². The van der Waals surface area contributed by atoms with Crippen molar-refractivity contribution in [3.63, 3.8) is 0 Å². The van der Waals surface area contributed by atoms with Crippen LogP contribution in [0, 0.1) is 55.4 Å². The summed E-state index contributed by atoms with van der Waals surface area (Å²) >= 11 is 0. The largest absolute Gasteiger partial charge is 0.213 e. The molecule has 558 valence electrons. The van der Waals surface area contributed by atoms with Crippen molar-refractivity contribution in [2.45, 2.75) is 219 Å². The lowest BCUT2D eigenvalue weighted by atomic mass is 9.87. The van der Waals surface area contributed by atoms with Crippen LogP contribution in [0.5, 0.6) is 0 Å². The molecule has 16 rings (SSSR count). The van der Waals surface area contributed by atoms with E-state index >= 15 is 0 Å². The van der Waals surface area contributed by atoms with Crippen LogP contribution < -0.4 is 18.3 Å². The van der Waals surface area contributed by atoms with Crippen molar-refractivity contribution in [3.05, 3.63) is 304 Å². The van der Waals surface area contributed by atoms with Gasteiger partial charge in [0.1, 0.15) is 28.2 Å². The molecule has 0 unspecified atom stereocenters. The molecule has 4 aromatic heterocycles. The highest BCUT2D eigenvalue weighted by Gasteiger charge is 2.34. The van der Waals surface area contributed by atoms with Crippen molar-refractivity contribution in [1.82, 2.24) is 0 Å². The van der Waals surface area contributed by atoms with Crippen molar-refractivity contribution >= 4 is 0 Å². The fourth-order valence-corrected chi connectivity index (χ4v) is 19.1. The van der Waals surface area contributed by atoms with Crippen molar-refractivity contribution in [1.29, 1.82) is 0 Å². The Morgan fingerprint density at radius 2 is 0.532 bits per heavy atom. The summed E-state index contributed by atoms with van der Waals surface area (Å²) in [6.45, 7) is 50.2. The van der Waals surface area contributed by atoms with Gasteiger partial charge in [-0.2, -0.15) is 0 Å². The molecule has 4 heteroatoms. The standard InChI is InChI=1S/2C27H32N.C26H30N.C25H28N/c1-16(2)22-14-25(28(7)15-24(22)17(3)4)27-19(6)11-12-21-23(27)13-20-10-8-9-18(5)26(20)21;1-16(2)22-14-25(28(7)15-24(22)17(3)4)27-19(6)12-18(5)26-21-11-9-8-10-20(21)13-23(26)27;1-16(2)22-14-25(27(6)15-24(22)17(3)4)26-18(5)11-12-21-20-10-8-7-9-19(20)13-23(21)26;1-15(2)23-14-26(6)24(12-18(23)5)25-17(4)10-11-20-19-9-7-8-16(3)21(19)13-22(20)25/h2*8-12,14-17H,13H2,1-7H3;7-12,14-17H,13H2,1-6H3;7-12,14-15H,13H2,1-6H3/q4*+1. The van der Waals surface area contributed by atoms with E-state index in [1.165, 1.54) is 217 Å². The fraction of sp³-hybridized carbons (Fsp3) is 0.352. The van der Waals surface area contributed by atoms with E-state index in [2.05, 4.69) is 375 Å². The molecule has 0 amide bonds. The molecule has 12 aromatic rings. The van der Waals surface area contributed by atoms with Gasteiger partial charge in [0.25, 0.3) is 0 Å². The van der Waals surface area contributed by atoms with Gasteiger partial charge in [-0.15, -0.1) is 0 Å². The second kappa shape index (κ2) is 31.0. The minimum absolute atomic E-state index is 0.522.